The average molecular weight is 304 g/mol. The summed E-state index contributed by atoms with van der Waals surface area (Å²) in [5.74, 6) is -0.310. The van der Waals surface area contributed by atoms with E-state index in [4.69, 9.17) is 5.11 Å². The molecule has 0 saturated carbocycles. The summed E-state index contributed by atoms with van der Waals surface area (Å²) in [6.45, 7) is 4.93. The van der Waals surface area contributed by atoms with Crippen LogP contribution in [0.2, 0.25) is 0 Å². The van der Waals surface area contributed by atoms with E-state index in [9.17, 15) is 9.59 Å². The van der Waals surface area contributed by atoms with E-state index in [1.807, 2.05) is 42.2 Å². The lowest BCUT2D eigenvalue weighted by Gasteiger charge is -2.45. The normalized spacial score (nSPS) is 21.8. The zero-order valence-electron chi connectivity index (χ0n) is 13.2. The van der Waals surface area contributed by atoms with Gasteiger partial charge >= 0.3 is 12.0 Å². The van der Waals surface area contributed by atoms with Crippen molar-refractivity contribution >= 4 is 12.0 Å². The molecule has 0 radical (unpaired) electrons. The monoisotopic (exact) mass is 304 g/mol. The summed E-state index contributed by atoms with van der Waals surface area (Å²) in [5, 5.41) is 11.9. The molecule has 0 bridgehead atoms. The van der Waals surface area contributed by atoms with Crippen LogP contribution in [0.4, 0.5) is 4.79 Å². The van der Waals surface area contributed by atoms with Crippen molar-refractivity contribution in [1.82, 2.24) is 10.2 Å². The number of carboxylic acids is 1. The minimum atomic E-state index is -0.835. The van der Waals surface area contributed by atoms with Gasteiger partial charge in [-0.3, -0.25) is 4.79 Å². The maximum absolute atomic E-state index is 12.3. The third-order valence-electron chi connectivity index (χ3n) is 4.42. The number of carbonyl (C=O) groups excluding carboxylic acids is 1. The third kappa shape index (κ3) is 4.23. The lowest BCUT2D eigenvalue weighted by molar-refractivity contribution is -0.137. The van der Waals surface area contributed by atoms with E-state index >= 15 is 0 Å². The van der Waals surface area contributed by atoms with Crippen molar-refractivity contribution in [2.45, 2.75) is 45.2 Å². The summed E-state index contributed by atoms with van der Waals surface area (Å²) in [6, 6.07) is 9.83. The molecular formula is C17H24N2O3. The molecule has 0 spiro atoms. The van der Waals surface area contributed by atoms with Crippen LogP contribution in [0.25, 0.3) is 0 Å². The second-order valence-corrected chi connectivity index (χ2v) is 6.14. The number of amides is 2. The second-order valence-electron chi connectivity index (χ2n) is 6.14. The number of nitrogens with one attached hydrogen (secondary N) is 1. The number of likely N-dealkylation sites (tertiary alicyclic amines) is 1. The predicted molar refractivity (Wildman–Crippen MR) is 84.7 cm³/mol. The Kier molecular flexibility index (Phi) is 5.41. The SMILES string of the molecule is CC1CN(C(=O)NC(CCC(=O)O)Cc2ccccc2)C1C. The fraction of sp³-hybridized carbons (Fsp3) is 0.529. The molecule has 1 aliphatic heterocycles. The lowest BCUT2D eigenvalue weighted by Crippen LogP contribution is -2.60. The van der Waals surface area contributed by atoms with Gasteiger partial charge < -0.3 is 15.3 Å². The van der Waals surface area contributed by atoms with Crippen molar-refractivity contribution < 1.29 is 14.7 Å². The topological polar surface area (TPSA) is 69.6 Å². The van der Waals surface area contributed by atoms with Crippen molar-refractivity contribution in [3.8, 4) is 0 Å². The third-order valence-corrected chi connectivity index (χ3v) is 4.42. The van der Waals surface area contributed by atoms with Crippen LogP contribution >= 0.6 is 0 Å². The Balaban J connectivity index is 1.95. The molecule has 1 aliphatic rings. The van der Waals surface area contributed by atoms with Crippen molar-refractivity contribution in [1.29, 1.82) is 0 Å². The molecule has 120 valence electrons. The lowest BCUT2D eigenvalue weighted by atomic mass is 9.92. The maximum atomic E-state index is 12.3. The van der Waals surface area contributed by atoms with Gasteiger partial charge in [0.05, 0.1) is 0 Å². The van der Waals surface area contributed by atoms with Gasteiger partial charge in [-0.1, -0.05) is 37.3 Å². The van der Waals surface area contributed by atoms with E-state index in [-0.39, 0.29) is 24.5 Å². The summed E-state index contributed by atoms with van der Waals surface area (Å²) in [6.07, 6.45) is 1.15. The minimum absolute atomic E-state index is 0.0593. The Morgan fingerprint density at radius 1 is 1.32 bits per heavy atom. The van der Waals surface area contributed by atoms with Crippen LogP contribution in [0.15, 0.2) is 30.3 Å². The van der Waals surface area contributed by atoms with E-state index in [0.717, 1.165) is 12.1 Å². The molecule has 2 N–H and O–H groups in total. The fourth-order valence-electron chi connectivity index (χ4n) is 2.75. The number of hydrogen-bond acceptors (Lipinski definition) is 2. The van der Waals surface area contributed by atoms with Crippen molar-refractivity contribution in [3.05, 3.63) is 35.9 Å². The Hall–Kier alpha value is -2.04. The molecule has 5 heteroatoms. The first kappa shape index (κ1) is 16.3. The summed E-state index contributed by atoms with van der Waals surface area (Å²) >= 11 is 0. The van der Waals surface area contributed by atoms with Crippen LogP contribution in [-0.2, 0) is 11.2 Å². The number of rotatable bonds is 6. The van der Waals surface area contributed by atoms with Crippen molar-refractivity contribution in [2.75, 3.05) is 6.54 Å². The highest BCUT2D eigenvalue weighted by Gasteiger charge is 2.36. The molecular weight excluding hydrogens is 280 g/mol. The first-order valence-corrected chi connectivity index (χ1v) is 7.80. The Labute approximate surface area is 131 Å². The van der Waals surface area contributed by atoms with Crippen LogP contribution in [-0.4, -0.2) is 40.6 Å². The number of carbonyl (C=O) groups is 2. The Morgan fingerprint density at radius 2 is 2.00 bits per heavy atom. The zero-order chi connectivity index (χ0) is 16.1. The smallest absolute Gasteiger partial charge is 0.317 e. The van der Waals surface area contributed by atoms with Crippen LogP contribution in [0.1, 0.15) is 32.3 Å². The summed E-state index contributed by atoms with van der Waals surface area (Å²) in [7, 11) is 0. The molecule has 3 unspecified atom stereocenters. The van der Waals surface area contributed by atoms with Gasteiger partial charge in [0.25, 0.3) is 0 Å². The number of benzene rings is 1. The highest BCUT2D eigenvalue weighted by Crippen LogP contribution is 2.23. The molecule has 1 aromatic carbocycles. The van der Waals surface area contributed by atoms with Crippen molar-refractivity contribution in [2.24, 2.45) is 5.92 Å². The van der Waals surface area contributed by atoms with Gasteiger partial charge in [-0.2, -0.15) is 0 Å². The highest BCUT2D eigenvalue weighted by molar-refractivity contribution is 5.76. The zero-order valence-corrected chi connectivity index (χ0v) is 13.2. The molecule has 2 rings (SSSR count). The maximum Gasteiger partial charge on any atom is 0.317 e. The number of aliphatic carboxylic acids is 1. The summed E-state index contributed by atoms with van der Waals surface area (Å²) in [4.78, 5) is 24.9. The molecule has 22 heavy (non-hydrogen) atoms. The van der Waals surface area contributed by atoms with Gasteiger partial charge in [0.2, 0.25) is 0 Å². The number of carboxylic acid groups (broad SMARTS) is 1. The molecule has 0 aliphatic carbocycles. The highest BCUT2D eigenvalue weighted by atomic mass is 16.4. The van der Waals surface area contributed by atoms with Gasteiger partial charge in [0.1, 0.15) is 0 Å². The average Bonchev–Trinajstić information content (AvgIpc) is 2.50. The number of hydrogen-bond donors (Lipinski definition) is 2. The fourth-order valence-corrected chi connectivity index (χ4v) is 2.75. The van der Waals surface area contributed by atoms with E-state index in [2.05, 4.69) is 12.2 Å². The summed E-state index contributed by atoms with van der Waals surface area (Å²) < 4.78 is 0. The number of urea groups is 1. The van der Waals surface area contributed by atoms with Crippen LogP contribution in [0, 0.1) is 5.92 Å². The molecule has 2 amide bonds. The number of nitrogens with zero attached hydrogens (tertiary/aromatic N) is 1. The predicted octanol–water partition coefficient (Wildman–Crippen LogP) is 2.51. The van der Waals surface area contributed by atoms with E-state index < -0.39 is 5.97 Å². The summed E-state index contributed by atoms with van der Waals surface area (Å²) in [5.41, 5.74) is 1.10. The standard InChI is InChI=1S/C17H24N2O3/c1-12-11-19(13(12)2)17(22)18-15(8-9-16(20)21)10-14-6-4-3-5-7-14/h3-7,12-13,15H,8-11H2,1-2H3,(H,18,22)(H,20,21). The first-order chi connectivity index (χ1) is 10.5. The Bertz CT molecular complexity index is 518. The molecule has 3 atom stereocenters. The van der Waals surface area contributed by atoms with E-state index in [0.29, 0.717) is 18.8 Å². The molecule has 1 fully saturated rings. The molecule has 1 aromatic rings. The van der Waals surface area contributed by atoms with Gasteiger partial charge in [-0.15, -0.1) is 0 Å². The van der Waals surface area contributed by atoms with Gasteiger partial charge in [-0.05, 0) is 31.2 Å². The first-order valence-electron chi connectivity index (χ1n) is 7.80. The Morgan fingerprint density at radius 3 is 2.55 bits per heavy atom. The van der Waals surface area contributed by atoms with E-state index in [1.54, 1.807) is 0 Å². The largest absolute Gasteiger partial charge is 0.481 e. The van der Waals surface area contributed by atoms with Gasteiger partial charge in [0.15, 0.2) is 0 Å². The molecule has 5 nitrogen and oxygen atoms in total. The van der Waals surface area contributed by atoms with Gasteiger partial charge in [0, 0.05) is 25.0 Å². The van der Waals surface area contributed by atoms with E-state index in [1.165, 1.54) is 0 Å². The minimum Gasteiger partial charge on any atom is -0.481 e. The quantitative estimate of drug-likeness (QED) is 0.848. The molecule has 1 saturated heterocycles. The van der Waals surface area contributed by atoms with Crippen LogP contribution in [0.3, 0.4) is 0 Å². The molecule has 1 heterocycles. The van der Waals surface area contributed by atoms with Crippen LogP contribution in [0.5, 0.6) is 0 Å². The molecule has 0 aromatic heterocycles. The van der Waals surface area contributed by atoms with Crippen LogP contribution < -0.4 is 5.32 Å². The van der Waals surface area contributed by atoms with Gasteiger partial charge in [-0.25, -0.2) is 4.79 Å². The van der Waals surface area contributed by atoms with Crippen molar-refractivity contribution in [3.63, 3.8) is 0 Å². The second kappa shape index (κ2) is 7.29.